The number of carbonyl (C=O) groups is 2. The summed E-state index contributed by atoms with van der Waals surface area (Å²) in [5.41, 5.74) is 0.712. The molecule has 2 aromatic carbocycles. The molecular weight excluding hydrogens is 333 g/mol. The molecule has 0 spiro atoms. The molecule has 2 aromatic rings. The van der Waals surface area contributed by atoms with Crippen LogP contribution in [0.25, 0.3) is 0 Å². The van der Waals surface area contributed by atoms with Gasteiger partial charge in [0.1, 0.15) is 11.9 Å². The fourth-order valence-electron chi connectivity index (χ4n) is 2.62. The van der Waals surface area contributed by atoms with E-state index < -0.39 is 23.8 Å². The molecule has 1 aliphatic heterocycles. The number of piperazine rings is 1. The summed E-state index contributed by atoms with van der Waals surface area (Å²) < 4.78 is 14.1. The number of anilines is 1. The molecule has 0 bridgehead atoms. The van der Waals surface area contributed by atoms with Crippen LogP contribution in [0.1, 0.15) is 11.6 Å². The van der Waals surface area contributed by atoms with Crippen molar-refractivity contribution >= 4 is 29.2 Å². The third-order valence-electron chi connectivity index (χ3n) is 3.77. The van der Waals surface area contributed by atoms with Crippen LogP contribution in [0, 0.1) is 5.82 Å². The Morgan fingerprint density at radius 2 is 1.92 bits per heavy atom. The van der Waals surface area contributed by atoms with Crippen LogP contribution < -0.4 is 10.6 Å². The van der Waals surface area contributed by atoms with Crippen molar-refractivity contribution in [3.05, 3.63) is 64.9 Å². The monoisotopic (exact) mass is 347 g/mol. The molecule has 1 saturated heterocycles. The highest BCUT2D eigenvalue weighted by Crippen LogP contribution is 2.26. The van der Waals surface area contributed by atoms with Gasteiger partial charge in [-0.25, -0.2) is 9.18 Å². The zero-order valence-electron chi connectivity index (χ0n) is 12.6. The lowest BCUT2D eigenvalue weighted by molar-refractivity contribution is -0.127. The van der Waals surface area contributed by atoms with E-state index in [2.05, 4.69) is 10.6 Å². The predicted molar refractivity (Wildman–Crippen MR) is 89.3 cm³/mol. The Morgan fingerprint density at radius 3 is 2.62 bits per heavy atom. The number of hydrogen-bond donors (Lipinski definition) is 2. The topological polar surface area (TPSA) is 61.4 Å². The van der Waals surface area contributed by atoms with Crippen molar-refractivity contribution in [1.82, 2.24) is 10.2 Å². The van der Waals surface area contributed by atoms with Crippen molar-refractivity contribution in [3.63, 3.8) is 0 Å². The summed E-state index contributed by atoms with van der Waals surface area (Å²) in [5.74, 6) is -0.929. The molecule has 1 atom stereocenters. The third kappa shape index (κ3) is 3.33. The number of nitrogens with zero attached hydrogens (tertiary/aromatic N) is 1. The Balaban J connectivity index is 1.86. The second kappa shape index (κ2) is 6.88. The Bertz CT molecular complexity index is 767. The molecule has 7 heteroatoms. The lowest BCUT2D eigenvalue weighted by Gasteiger charge is -2.35. The summed E-state index contributed by atoms with van der Waals surface area (Å²) in [7, 11) is 0. The first-order valence-electron chi connectivity index (χ1n) is 7.41. The number of amides is 3. The maximum atomic E-state index is 14.1. The third-order valence-corrected chi connectivity index (χ3v) is 4.02. The molecule has 1 heterocycles. The molecule has 0 aliphatic carbocycles. The quantitative estimate of drug-likeness (QED) is 0.876. The lowest BCUT2D eigenvalue weighted by Crippen LogP contribution is -2.53. The standard InChI is InChI=1S/C17H15ClFN3O2/c18-11-5-7-12(8-6-11)21-17(24)22-10-9-20-16(23)15(22)13-3-1-2-4-14(13)19/h1-8,15H,9-10H2,(H,20,23)(H,21,24). The molecule has 1 fully saturated rings. The highest BCUT2D eigenvalue weighted by atomic mass is 35.5. The van der Waals surface area contributed by atoms with Crippen molar-refractivity contribution in [1.29, 1.82) is 0 Å². The number of benzene rings is 2. The molecule has 1 aliphatic rings. The smallest absolute Gasteiger partial charge is 0.322 e. The maximum Gasteiger partial charge on any atom is 0.322 e. The van der Waals surface area contributed by atoms with E-state index in [0.717, 1.165) is 0 Å². The second-order valence-corrected chi connectivity index (χ2v) is 5.78. The molecule has 1 unspecified atom stereocenters. The first-order chi connectivity index (χ1) is 11.6. The van der Waals surface area contributed by atoms with Crippen LogP contribution in [0.3, 0.4) is 0 Å². The summed E-state index contributed by atoms with van der Waals surface area (Å²) in [4.78, 5) is 26.1. The van der Waals surface area contributed by atoms with Crippen molar-refractivity contribution in [2.75, 3.05) is 18.4 Å². The molecule has 24 heavy (non-hydrogen) atoms. The fourth-order valence-corrected chi connectivity index (χ4v) is 2.75. The van der Waals surface area contributed by atoms with Gasteiger partial charge in [-0.05, 0) is 30.3 Å². The minimum atomic E-state index is -1.01. The van der Waals surface area contributed by atoms with E-state index in [1.165, 1.54) is 23.1 Å². The van der Waals surface area contributed by atoms with Crippen LogP contribution in [0.5, 0.6) is 0 Å². The highest BCUT2D eigenvalue weighted by Gasteiger charge is 2.35. The van der Waals surface area contributed by atoms with E-state index in [4.69, 9.17) is 11.6 Å². The maximum absolute atomic E-state index is 14.1. The largest absolute Gasteiger partial charge is 0.352 e. The molecule has 3 rings (SSSR count). The van der Waals surface area contributed by atoms with Crippen LogP contribution in [-0.2, 0) is 4.79 Å². The Kier molecular flexibility index (Phi) is 4.66. The van der Waals surface area contributed by atoms with Crippen LogP contribution >= 0.6 is 11.6 Å². The lowest BCUT2D eigenvalue weighted by atomic mass is 10.0. The summed E-state index contributed by atoms with van der Waals surface area (Å²) in [6, 6.07) is 11.1. The van der Waals surface area contributed by atoms with E-state index in [9.17, 15) is 14.0 Å². The van der Waals surface area contributed by atoms with Crippen molar-refractivity contribution in [2.24, 2.45) is 0 Å². The molecule has 124 valence electrons. The van der Waals surface area contributed by atoms with E-state index in [0.29, 0.717) is 17.3 Å². The van der Waals surface area contributed by atoms with Gasteiger partial charge in [-0.2, -0.15) is 0 Å². The minimum absolute atomic E-state index is 0.168. The van der Waals surface area contributed by atoms with Crippen molar-refractivity contribution < 1.29 is 14.0 Å². The van der Waals surface area contributed by atoms with E-state index in [-0.39, 0.29) is 12.1 Å². The van der Waals surface area contributed by atoms with E-state index in [1.807, 2.05) is 0 Å². The van der Waals surface area contributed by atoms with Crippen LogP contribution in [0.2, 0.25) is 5.02 Å². The molecule has 0 radical (unpaired) electrons. The van der Waals surface area contributed by atoms with Gasteiger partial charge in [-0.1, -0.05) is 29.8 Å². The molecule has 0 saturated carbocycles. The highest BCUT2D eigenvalue weighted by molar-refractivity contribution is 6.30. The predicted octanol–water partition coefficient (Wildman–Crippen LogP) is 3.18. The van der Waals surface area contributed by atoms with Gasteiger partial charge in [0, 0.05) is 29.4 Å². The van der Waals surface area contributed by atoms with Crippen molar-refractivity contribution in [3.8, 4) is 0 Å². The van der Waals surface area contributed by atoms with Crippen molar-refractivity contribution in [2.45, 2.75) is 6.04 Å². The minimum Gasteiger partial charge on any atom is -0.352 e. The van der Waals surface area contributed by atoms with E-state index >= 15 is 0 Å². The number of urea groups is 1. The zero-order valence-corrected chi connectivity index (χ0v) is 13.4. The van der Waals surface area contributed by atoms with Crippen LogP contribution in [0.4, 0.5) is 14.9 Å². The second-order valence-electron chi connectivity index (χ2n) is 5.35. The molecular formula is C17H15ClFN3O2. The SMILES string of the molecule is O=C1NCCN(C(=O)Nc2ccc(Cl)cc2)C1c1ccccc1F. The van der Waals surface area contributed by atoms with Gasteiger partial charge in [0.2, 0.25) is 5.91 Å². The summed E-state index contributed by atoms with van der Waals surface area (Å²) >= 11 is 5.82. The first kappa shape index (κ1) is 16.3. The van der Waals surface area contributed by atoms with Gasteiger partial charge < -0.3 is 15.5 Å². The van der Waals surface area contributed by atoms with E-state index in [1.54, 1.807) is 30.3 Å². The zero-order chi connectivity index (χ0) is 17.1. The van der Waals surface area contributed by atoms with Crippen LogP contribution in [0.15, 0.2) is 48.5 Å². The number of nitrogens with one attached hydrogen (secondary N) is 2. The molecule has 0 aromatic heterocycles. The molecule has 2 N–H and O–H groups in total. The van der Waals surface area contributed by atoms with Gasteiger partial charge in [0.15, 0.2) is 0 Å². The van der Waals surface area contributed by atoms with Gasteiger partial charge in [-0.15, -0.1) is 0 Å². The average Bonchev–Trinajstić information content (AvgIpc) is 2.57. The Morgan fingerprint density at radius 1 is 1.21 bits per heavy atom. The summed E-state index contributed by atoms with van der Waals surface area (Å²) in [6.45, 7) is 0.599. The number of rotatable bonds is 2. The summed E-state index contributed by atoms with van der Waals surface area (Å²) in [5, 5.41) is 5.92. The Labute approximate surface area is 143 Å². The van der Waals surface area contributed by atoms with Crippen LogP contribution in [-0.4, -0.2) is 29.9 Å². The first-order valence-corrected chi connectivity index (χ1v) is 7.79. The molecule has 3 amide bonds. The molecule has 5 nitrogen and oxygen atoms in total. The number of carbonyl (C=O) groups excluding carboxylic acids is 2. The summed E-state index contributed by atoms with van der Waals surface area (Å²) in [6.07, 6.45) is 0. The van der Waals surface area contributed by atoms with Gasteiger partial charge >= 0.3 is 6.03 Å². The number of hydrogen-bond acceptors (Lipinski definition) is 2. The normalized spacial score (nSPS) is 17.3. The van der Waals surface area contributed by atoms with Gasteiger partial charge in [-0.3, -0.25) is 4.79 Å². The average molecular weight is 348 g/mol. The Hall–Kier alpha value is -2.60. The number of halogens is 2. The fraction of sp³-hybridized carbons (Fsp3) is 0.176. The van der Waals surface area contributed by atoms with Gasteiger partial charge in [0.25, 0.3) is 0 Å². The van der Waals surface area contributed by atoms with Gasteiger partial charge in [0.05, 0.1) is 0 Å².